The number of nitrogens with zero attached hydrogens (tertiary/aromatic N) is 4. The largest absolute Gasteiger partial charge is 0.460 e. The molecule has 6 atom stereocenters. The van der Waals surface area contributed by atoms with Crippen LogP contribution in [-0.4, -0.2) is 87.7 Å². The Morgan fingerprint density at radius 2 is 1.75 bits per heavy atom. The number of para-hydroxylation sites is 1. The second-order valence-corrected chi connectivity index (χ2v) is 14.3. The molecule has 5 amide bonds. The highest BCUT2D eigenvalue weighted by Crippen LogP contribution is 2.22. The van der Waals surface area contributed by atoms with Gasteiger partial charge in [-0.2, -0.15) is 0 Å². The highest BCUT2D eigenvalue weighted by molar-refractivity contribution is 5.97. The number of aromatic nitrogens is 1. The molecule has 0 bridgehead atoms. The number of carbonyl (C=O) groups excluding carboxylic acids is 6. The normalized spacial score (nSPS) is 17.4. The number of likely N-dealkylation sites (tertiary alicyclic amines) is 1. The van der Waals surface area contributed by atoms with Crippen LogP contribution < -0.4 is 21.7 Å². The average molecular weight is 710 g/mol. The van der Waals surface area contributed by atoms with Gasteiger partial charge < -0.3 is 36.3 Å². The number of ether oxygens (including phenoxy) is 1. The maximum absolute atomic E-state index is 14.1. The van der Waals surface area contributed by atoms with E-state index in [1.165, 1.54) is 4.90 Å². The summed E-state index contributed by atoms with van der Waals surface area (Å²) in [5.74, 6) is -4.96. The van der Waals surface area contributed by atoms with Gasteiger partial charge in [0, 0.05) is 28.6 Å². The molecule has 3 rings (SSSR count). The molecule has 1 aliphatic heterocycles. The molecule has 0 radical (unpaired) electrons. The van der Waals surface area contributed by atoms with Gasteiger partial charge in [0.15, 0.2) is 0 Å². The summed E-state index contributed by atoms with van der Waals surface area (Å²) in [5, 5.41) is 12.0. The number of rotatable bonds is 15. The number of H-pyrrole nitrogens is 1. The van der Waals surface area contributed by atoms with Gasteiger partial charge in [-0.25, -0.2) is 0 Å². The number of hydrogen-bond acceptors (Lipinski definition) is 8. The first kappa shape index (κ1) is 40.5. The van der Waals surface area contributed by atoms with Crippen molar-refractivity contribution >= 4 is 46.4 Å². The number of aromatic amines is 1. The van der Waals surface area contributed by atoms with Crippen LogP contribution in [0, 0.1) is 11.8 Å². The maximum Gasteiger partial charge on any atom is 0.308 e. The van der Waals surface area contributed by atoms with E-state index >= 15 is 0 Å². The van der Waals surface area contributed by atoms with E-state index in [9.17, 15) is 28.8 Å². The summed E-state index contributed by atoms with van der Waals surface area (Å²) in [6.45, 7) is 12.2. The van der Waals surface area contributed by atoms with Crippen LogP contribution in [-0.2, 0) is 39.9 Å². The predicted molar refractivity (Wildman–Crippen MR) is 189 cm³/mol. The highest BCUT2D eigenvalue weighted by Gasteiger charge is 2.41. The minimum Gasteiger partial charge on any atom is -0.460 e. The molecule has 2 heterocycles. The number of esters is 1. The van der Waals surface area contributed by atoms with Gasteiger partial charge in [-0.3, -0.25) is 28.8 Å². The van der Waals surface area contributed by atoms with Crippen molar-refractivity contribution in [1.82, 2.24) is 25.8 Å². The van der Waals surface area contributed by atoms with Crippen molar-refractivity contribution in [1.29, 1.82) is 0 Å². The van der Waals surface area contributed by atoms with Crippen molar-refractivity contribution in [2.24, 2.45) is 22.7 Å². The zero-order valence-electron chi connectivity index (χ0n) is 30.4. The monoisotopic (exact) mass is 709 g/mol. The summed E-state index contributed by atoms with van der Waals surface area (Å²) < 4.78 is 5.45. The Balaban J connectivity index is 1.80. The van der Waals surface area contributed by atoms with Crippen molar-refractivity contribution < 1.29 is 33.5 Å². The Hall–Kier alpha value is -4.95. The molecule has 1 aromatic heterocycles. The Bertz CT molecular complexity index is 1640. The fourth-order valence-electron chi connectivity index (χ4n) is 5.98. The van der Waals surface area contributed by atoms with Gasteiger partial charge in [-0.1, -0.05) is 52.3 Å². The molecule has 0 spiro atoms. The molecule has 1 aliphatic rings. The van der Waals surface area contributed by atoms with Crippen LogP contribution in [0.4, 0.5) is 0 Å². The van der Waals surface area contributed by atoms with Crippen LogP contribution in [0.3, 0.4) is 0 Å². The number of nitrogens with one attached hydrogen (secondary N) is 4. The van der Waals surface area contributed by atoms with E-state index in [0.717, 1.165) is 16.5 Å². The predicted octanol–water partition coefficient (Wildman–Crippen LogP) is 2.75. The van der Waals surface area contributed by atoms with Gasteiger partial charge in [0.2, 0.25) is 29.5 Å². The number of amides is 5. The van der Waals surface area contributed by atoms with Crippen LogP contribution in [0.2, 0.25) is 0 Å². The lowest BCUT2D eigenvalue weighted by Crippen LogP contribution is -2.59. The molecular formula is C35H51N9O7. The van der Waals surface area contributed by atoms with Gasteiger partial charge in [0.25, 0.3) is 0 Å². The molecule has 51 heavy (non-hydrogen) atoms. The first-order valence-electron chi connectivity index (χ1n) is 17.3. The number of fused-ring (bicyclic) bond motifs is 1. The Morgan fingerprint density at radius 3 is 2.37 bits per heavy atom. The Labute approximate surface area is 297 Å². The molecule has 1 fully saturated rings. The Morgan fingerprint density at radius 1 is 1.06 bits per heavy atom. The highest BCUT2D eigenvalue weighted by atomic mass is 16.6. The zero-order valence-corrected chi connectivity index (χ0v) is 30.4. The third kappa shape index (κ3) is 11.0. The van der Waals surface area contributed by atoms with E-state index in [1.807, 2.05) is 31.2 Å². The molecule has 278 valence electrons. The molecule has 1 saturated heterocycles. The summed E-state index contributed by atoms with van der Waals surface area (Å²) in [6, 6.07) is 1.89. The number of nitrogens with two attached hydrogens (primary N) is 1. The van der Waals surface area contributed by atoms with Gasteiger partial charge in [-0.05, 0) is 74.1 Å². The molecular weight excluding hydrogens is 658 g/mol. The summed E-state index contributed by atoms with van der Waals surface area (Å²) in [5.41, 5.74) is 15.9. The molecule has 1 aromatic carbocycles. The minimum absolute atomic E-state index is 0.156. The topological polar surface area (TPSA) is 242 Å². The molecule has 2 aromatic rings. The average Bonchev–Trinajstić information content (AvgIpc) is 3.72. The number of hydrogen-bond donors (Lipinski definition) is 5. The standard InChI is InChI=1S/C35H51N9O7/c1-8-20(4)29(33(49)42-43-37)41-32(48)28(19(2)3)40-31(47)26-14-11-15-44(26)34(50)25(17-27(45)51-35(5,6)7)39-30(46)23(36)16-21-18-38-24-13-10-9-12-22(21)24/h9-10,12-13,18-20,23,25-26,28-29,38H,8,11,14-17,36H2,1-7H3,(H,39,46)(H,40,47)(H,41,48)/t20-,23+,25+,26-,28+,29-/m0/s1. The molecule has 6 N–H and O–H groups in total. The van der Waals surface area contributed by atoms with Crippen molar-refractivity contribution in [3.63, 3.8) is 0 Å². The first-order valence-corrected chi connectivity index (χ1v) is 17.3. The minimum atomic E-state index is -1.39. The zero-order chi connectivity index (χ0) is 38.0. The van der Waals surface area contributed by atoms with Gasteiger partial charge >= 0.3 is 5.97 Å². The fourth-order valence-corrected chi connectivity index (χ4v) is 5.98. The Kier molecular flexibility index (Phi) is 14.1. The van der Waals surface area contributed by atoms with Crippen molar-refractivity contribution in [2.45, 2.75) is 116 Å². The van der Waals surface area contributed by atoms with Crippen LogP contribution in [0.5, 0.6) is 0 Å². The van der Waals surface area contributed by atoms with Crippen molar-refractivity contribution in [3.8, 4) is 0 Å². The van der Waals surface area contributed by atoms with Crippen molar-refractivity contribution in [2.75, 3.05) is 6.54 Å². The number of benzene rings is 1. The van der Waals surface area contributed by atoms with E-state index in [0.29, 0.717) is 12.8 Å². The molecule has 0 unspecified atom stereocenters. The lowest BCUT2D eigenvalue weighted by molar-refractivity contribution is -0.157. The van der Waals surface area contributed by atoms with Crippen LogP contribution in [0.1, 0.15) is 79.7 Å². The van der Waals surface area contributed by atoms with Crippen LogP contribution >= 0.6 is 0 Å². The number of azide groups is 1. The third-order valence-corrected chi connectivity index (χ3v) is 8.86. The summed E-state index contributed by atoms with van der Waals surface area (Å²) in [7, 11) is 0. The molecule has 0 saturated carbocycles. The van der Waals surface area contributed by atoms with E-state index < -0.39 is 83.7 Å². The number of carbonyl (C=O) groups is 6. The van der Waals surface area contributed by atoms with Crippen LogP contribution in [0.25, 0.3) is 21.3 Å². The maximum atomic E-state index is 14.1. The lowest BCUT2D eigenvalue weighted by atomic mass is 9.96. The smallest absolute Gasteiger partial charge is 0.308 e. The van der Waals surface area contributed by atoms with E-state index in [4.69, 9.17) is 16.0 Å². The van der Waals surface area contributed by atoms with Gasteiger partial charge in [0.05, 0.1) is 18.5 Å². The molecule has 16 nitrogen and oxygen atoms in total. The van der Waals surface area contributed by atoms with E-state index in [2.05, 4.69) is 31.0 Å². The van der Waals surface area contributed by atoms with Crippen LogP contribution in [0.15, 0.2) is 35.6 Å². The van der Waals surface area contributed by atoms with E-state index in [-0.39, 0.29) is 25.3 Å². The van der Waals surface area contributed by atoms with E-state index in [1.54, 1.807) is 47.7 Å². The summed E-state index contributed by atoms with van der Waals surface area (Å²) >= 11 is 0. The third-order valence-electron chi connectivity index (χ3n) is 8.86. The quantitative estimate of drug-likeness (QED) is 0.0795. The molecule has 16 heteroatoms. The van der Waals surface area contributed by atoms with Gasteiger partial charge in [-0.15, -0.1) is 0 Å². The summed E-state index contributed by atoms with van der Waals surface area (Å²) in [4.78, 5) is 87.0. The molecule has 0 aliphatic carbocycles. The van der Waals surface area contributed by atoms with Crippen molar-refractivity contribution in [3.05, 3.63) is 46.5 Å². The first-order chi connectivity index (χ1) is 24.0. The lowest BCUT2D eigenvalue weighted by Gasteiger charge is -2.31. The summed E-state index contributed by atoms with van der Waals surface area (Å²) in [6.07, 6.45) is 2.64. The second kappa shape index (κ2) is 17.8. The fraction of sp³-hybridized carbons (Fsp3) is 0.600. The SMILES string of the molecule is CC[C@H](C)[C@H](NC(=O)[C@H](NC(=O)[C@@H]1CCCN1C(=O)[C@@H](CC(=O)OC(C)(C)C)NC(=O)[C@H](N)Cc1c[nH]c2ccccc12)C(C)C)C(=O)N=[N+]=[N-]. The second-order valence-electron chi connectivity index (χ2n) is 14.3. The van der Waals surface area contributed by atoms with Gasteiger partial charge in [0.1, 0.15) is 23.7 Å².